The molecule has 1 atom stereocenters. The molecule has 0 radical (unpaired) electrons. The first kappa shape index (κ1) is 17.9. The molecule has 1 saturated heterocycles. The molecule has 0 aromatic heterocycles. The van der Waals surface area contributed by atoms with Crippen molar-refractivity contribution in [2.45, 2.75) is 18.9 Å². The molecule has 134 valence electrons. The molecule has 3 rings (SSSR count). The second kappa shape index (κ2) is 8.97. The predicted molar refractivity (Wildman–Crippen MR) is 100 cm³/mol. The second-order valence-electron chi connectivity index (χ2n) is 6.13. The molecule has 5 nitrogen and oxygen atoms in total. The Morgan fingerprint density at radius 2 is 1.73 bits per heavy atom. The van der Waals surface area contributed by atoms with Gasteiger partial charge in [0.2, 0.25) is 0 Å². The molecule has 0 saturated carbocycles. The van der Waals surface area contributed by atoms with Crippen molar-refractivity contribution in [1.82, 2.24) is 10.6 Å². The third-order valence-electron chi connectivity index (χ3n) is 4.15. The molecule has 0 spiro atoms. The van der Waals surface area contributed by atoms with Crippen molar-refractivity contribution >= 4 is 17.9 Å². The summed E-state index contributed by atoms with van der Waals surface area (Å²) in [7, 11) is 0. The van der Waals surface area contributed by atoms with Gasteiger partial charge in [-0.1, -0.05) is 48.5 Å². The van der Waals surface area contributed by atoms with Gasteiger partial charge in [0.15, 0.2) is 0 Å². The van der Waals surface area contributed by atoms with E-state index in [0.29, 0.717) is 12.1 Å². The maximum atomic E-state index is 12.6. The molecule has 2 N–H and O–H groups in total. The van der Waals surface area contributed by atoms with E-state index in [-0.39, 0.29) is 23.6 Å². The molecule has 2 aromatic carbocycles. The first-order valence-electron chi connectivity index (χ1n) is 8.75. The summed E-state index contributed by atoms with van der Waals surface area (Å²) in [6, 6.07) is 18.2. The van der Waals surface area contributed by atoms with E-state index in [0.717, 1.165) is 25.0 Å². The van der Waals surface area contributed by atoms with Gasteiger partial charge in [-0.2, -0.15) is 0 Å². The third kappa shape index (κ3) is 5.04. The van der Waals surface area contributed by atoms with E-state index in [2.05, 4.69) is 10.6 Å². The largest absolute Gasteiger partial charge is 0.376 e. The third-order valence-corrected chi connectivity index (χ3v) is 4.15. The molecule has 1 heterocycles. The summed E-state index contributed by atoms with van der Waals surface area (Å²) in [5, 5.41) is 5.58. The number of ether oxygens (including phenoxy) is 1. The molecule has 1 unspecified atom stereocenters. The van der Waals surface area contributed by atoms with Gasteiger partial charge in [-0.05, 0) is 36.6 Å². The smallest absolute Gasteiger partial charge is 0.267 e. The topological polar surface area (TPSA) is 67.4 Å². The van der Waals surface area contributed by atoms with Crippen molar-refractivity contribution in [3.63, 3.8) is 0 Å². The van der Waals surface area contributed by atoms with Crippen LogP contribution in [-0.4, -0.2) is 31.1 Å². The summed E-state index contributed by atoms with van der Waals surface area (Å²) in [4.78, 5) is 25.1. The first-order chi connectivity index (χ1) is 12.7. The van der Waals surface area contributed by atoms with Crippen molar-refractivity contribution in [2.75, 3.05) is 13.2 Å². The lowest BCUT2D eigenvalue weighted by Crippen LogP contribution is -2.38. The minimum Gasteiger partial charge on any atom is -0.376 e. The summed E-state index contributed by atoms with van der Waals surface area (Å²) in [5.41, 5.74) is 1.55. The van der Waals surface area contributed by atoms with Gasteiger partial charge in [0, 0.05) is 18.7 Å². The highest BCUT2D eigenvalue weighted by molar-refractivity contribution is 6.05. The number of carbonyl (C=O) groups excluding carboxylic acids is 2. The average molecular weight is 350 g/mol. The van der Waals surface area contributed by atoms with Gasteiger partial charge in [0.05, 0.1) is 6.10 Å². The van der Waals surface area contributed by atoms with E-state index in [9.17, 15) is 9.59 Å². The number of hydrogen-bond donors (Lipinski definition) is 2. The molecular formula is C21H22N2O3. The van der Waals surface area contributed by atoms with Gasteiger partial charge in [-0.15, -0.1) is 0 Å². The second-order valence-corrected chi connectivity index (χ2v) is 6.13. The maximum Gasteiger partial charge on any atom is 0.267 e. The zero-order valence-electron chi connectivity index (χ0n) is 14.5. The molecule has 1 aliphatic rings. The van der Waals surface area contributed by atoms with Gasteiger partial charge >= 0.3 is 0 Å². The van der Waals surface area contributed by atoms with Crippen LogP contribution in [0.15, 0.2) is 66.4 Å². The fourth-order valence-corrected chi connectivity index (χ4v) is 2.77. The fraction of sp³-hybridized carbons (Fsp3) is 0.238. The number of rotatable bonds is 6. The Hall–Kier alpha value is -2.92. The molecule has 0 bridgehead atoms. The van der Waals surface area contributed by atoms with Crippen LogP contribution in [0.3, 0.4) is 0 Å². The number of amides is 2. The molecule has 2 amide bonds. The lowest BCUT2D eigenvalue weighted by Gasteiger charge is -2.14. The molecule has 1 fully saturated rings. The van der Waals surface area contributed by atoms with Crippen LogP contribution in [0.2, 0.25) is 0 Å². The van der Waals surface area contributed by atoms with Gasteiger partial charge < -0.3 is 15.4 Å². The van der Waals surface area contributed by atoms with Crippen molar-refractivity contribution in [2.24, 2.45) is 0 Å². The Balaban J connectivity index is 1.73. The molecular weight excluding hydrogens is 328 g/mol. The van der Waals surface area contributed by atoms with E-state index in [1.54, 1.807) is 30.3 Å². The zero-order valence-corrected chi connectivity index (χ0v) is 14.5. The Kier molecular flexibility index (Phi) is 6.17. The van der Waals surface area contributed by atoms with Crippen LogP contribution in [0.4, 0.5) is 0 Å². The van der Waals surface area contributed by atoms with Crippen molar-refractivity contribution < 1.29 is 14.3 Å². The van der Waals surface area contributed by atoms with Crippen molar-refractivity contribution in [3.8, 4) is 0 Å². The van der Waals surface area contributed by atoms with Crippen molar-refractivity contribution in [1.29, 1.82) is 0 Å². The molecule has 0 aliphatic carbocycles. The SMILES string of the molecule is O=C(NCC1CCCO1)C(=Cc1ccccc1)NC(=O)c1ccccc1. The normalized spacial score (nSPS) is 16.9. The Bertz CT molecular complexity index is 766. The Morgan fingerprint density at radius 1 is 1.04 bits per heavy atom. The monoisotopic (exact) mass is 350 g/mol. The van der Waals surface area contributed by atoms with E-state index in [4.69, 9.17) is 4.74 Å². The molecule has 26 heavy (non-hydrogen) atoms. The maximum absolute atomic E-state index is 12.6. The summed E-state index contributed by atoms with van der Waals surface area (Å²) >= 11 is 0. The summed E-state index contributed by atoms with van der Waals surface area (Å²) < 4.78 is 5.53. The fourth-order valence-electron chi connectivity index (χ4n) is 2.77. The highest BCUT2D eigenvalue weighted by Gasteiger charge is 2.19. The highest BCUT2D eigenvalue weighted by atomic mass is 16.5. The van der Waals surface area contributed by atoms with Gasteiger partial charge in [0.1, 0.15) is 5.70 Å². The summed E-state index contributed by atoms with van der Waals surface area (Å²) in [6.45, 7) is 1.17. The lowest BCUT2D eigenvalue weighted by atomic mass is 10.1. The highest BCUT2D eigenvalue weighted by Crippen LogP contribution is 2.11. The number of hydrogen-bond acceptors (Lipinski definition) is 3. The van der Waals surface area contributed by atoms with Crippen LogP contribution in [0, 0.1) is 0 Å². The Labute approximate surface area is 153 Å². The van der Waals surface area contributed by atoms with E-state index < -0.39 is 0 Å². The van der Waals surface area contributed by atoms with Gasteiger partial charge in [-0.3, -0.25) is 9.59 Å². The predicted octanol–water partition coefficient (Wildman–Crippen LogP) is 2.75. The quantitative estimate of drug-likeness (QED) is 0.787. The first-order valence-corrected chi connectivity index (χ1v) is 8.75. The van der Waals surface area contributed by atoms with Crippen LogP contribution in [0.25, 0.3) is 6.08 Å². The number of benzene rings is 2. The minimum atomic E-state index is -0.325. The van der Waals surface area contributed by atoms with Gasteiger partial charge in [-0.25, -0.2) is 0 Å². The van der Waals surface area contributed by atoms with Gasteiger partial charge in [0.25, 0.3) is 11.8 Å². The van der Waals surface area contributed by atoms with E-state index in [1.165, 1.54) is 0 Å². The number of carbonyl (C=O) groups is 2. The average Bonchev–Trinajstić information content (AvgIpc) is 3.20. The number of nitrogens with one attached hydrogen (secondary N) is 2. The van der Waals surface area contributed by atoms with Crippen molar-refractivity contribution in [3.05, 3.63) is 77.5 Å². The lowest BCUT2D eigenvalue weighted by molar-refractivity contribution is -0.118. The summed E-state index contributed by atoms with van der Waals surface area (Å²) in [5.74, 6) is -0.645. The minimum absolute atomic E-state index is 0.0433. The van der Waals surface area contributed by atoms with Crippen LogP contribution >= 0.6 is 0 Å². The zero-order chi connectivity index (χ0) is 18.2. The molecule has 1 aliphatic heterocycles. The summed E-state index contributed by atoms with van der Waals surface area (Å²) in [6.07, 6.45) is 3.67. The van der Waals surface area contributed by atoms with E-state index in [1.807, 2.05) is 36.4 Å². The van der Waals surface area contributed by atoms with Crippen LogP contribution in [0.5, 0.6) is 0 Å². The van der Waals surface area contributed by atoms with Crippen LogP contribution in [0.1, 0.15) is 28.8 Å². The van der Waals surface area contributed by atoms with E-state index >= 15 is 0 Å². The van der Waals surface area contributed by atoms with Crippen LogP contribution in [-0.2, 0) is 9.53 Å². The standard InChI is InChI=1S/C21H22N2O3/c24-20(17-10-5-2-6-11-17)23-19(14-16-8-3-1-4-9-16)21(25)22-15-18-12-7-13-26-18/h1-6,8-11,14,18H,7,12-13,15H2,(H,22,25)(H,23,24). The molecule has 5 heteroatoms. The van der Waals surface area contributed by atoms with Crippen LogP contribution < -0.4 is 10.6 Å². The molecule has 2 aromatic rings. The Morgan fingerprint density at radius 3 is 2.38 bits per heavy atom.